The summed E-state index contributed by atoms with van der Waals surface area (Å²) < 4.78 is 1.16. The zero-order valence-electron chi connectivity index (χ0n) is 9.51. The fourth-order valence-electron chi connectivity index (χ4n) is 1.73. The average Bonchev–Trinajstić information content (AvgIpc) is 2.84. The molecule has 0 spiro atoms. The van der Waals surface area contributed by atoms with Crippen LogP contribution in [0.15, 0.2) is 54.6 Å². The van der Waals surface area contributed by atoms with E-state index in [0.717, 1.165) is 20.8 Å². The zero-order chi connectivity index (χ0) is 12.4. The number of benzene rings is 2. The maximum atomic E-state index is 6.32. The van der Waals surface area contributed by atoms with Crippen LogP contribution in [0.1, 0.15) is 10.6 Å². The third kappa shape index (κ3) is 2.30. The predicted octanol–water partition coefficient (Wildman–Crippen LogP) is 5.03. The fraction of sp³-hybridized carbons (Fsp3) is 0. The average molecular weight is 272 g/mol. The maximum Gasteiger partial charge on any atom is 0.136 e. The highest BCUT2D eigenvalue weighted by atomic mass is 35.5. The van der Waals surface area contributed by atoms with Crippen LogP contribution in [0.25, 0.3) is 21.3 Å². The first-order chi connectivity index (χ1) is 8.83. The van der Waals surface area contributed by atoms with Crippen molar-refractivity contribution in [1.82, 2.24) is 4.98 Å². The van der Waals surface area contributed by atoms with E-state index in [-0.39, 0.29) is 0 Å². The molecule has 1 nitrogen and oxygen atoms in total. The Morgan fingerprint density at radius 3 is 2.50 bits per heavy atom. The van der Waals surface area contributed by atoms with Crippen LogP contribution in [0.4, 0.5) is 0 Å². The molecule has 3 aromatic rings. The molecule has 1 heterocycles. The minimum absolute atomic E-state index is 0.683. The molecule has 0 saturated heterocycles. The second-order valence-corrected chi connectivity index (χ2v) is 5.33. The molecule has 0 atom stereocenters. The lowest BCUT2D eigenvalue weighted by molar-refractivity contribution is 1.46. The van der Waals surface area contributed by atoms with Crippen molar-refractivity contribution in [2.75, 3.05) is 0 Å². The highest BCUT2D eigenvalue weighted by Gasteiger charge is 2.06. The lowest BCUT2D eigenvalue weighted by atomic mass is 10.2. The Morgan fingerprint density at radius 2 is 1.72 bits per heavy atom. The number of para-hydroxylation sites is 1. The van der Waals surface area contributed by atoms with Crippen LogP contribution in [-0.4, -0.2) is 4.98 Å². The second-order valence-electron chi connectivity index (χ2n) is 3.89. The topological polar surface area (TPSA) is 12.9 Å². The van der Waals surface area contributed by atoms with Gasteiger partial charge in [-0.15, -0.1) is 11.3 Å². The largest absolute Gasteiger partial charge is 0.235 e. The Morgan fingerprint density at radius 1 is 1.00 bits per heavy atom. The predicted molar refractivity (Wildman–Crippen MR) is 79.8 cm³/mol. The van der Waals surface area contributed by atoms with Crippen LogP contribution >= 0.6 is 22.9 Å². The Balaban J connectivity index is 2.01. The highest BCUT2D eigenvalue weighted by molar-refractivity contribution is 7.20. The summed E-state index contributed by atoms with van der Waals surface area (Å²) in [6.07, 6.45) is 1.94. The van der Waals surface area contributed by atoms with Crippen LogP contribution in [-0.2, 0) is 0 Å². The van der Waals surface area contributed by atoms with Gasteiger partial charge in [0.25, 0.3) is 0 Å². The molecule has 0 saturated carbocycles. The van der Waals surface area contributed by atoms with Crippen LogP contribution in [0.3, 0.4) is 0 Å². The van der Waals surface area contributed by atoms with E-state index in [1.807, 2.05) is 54.6 Å². The van der Waals surface area contributed by atoms with Crippen molar-refractivity contribution < 1.29 is 0 Å². The van der Waals surface area contributed by atoms with Gasteiger partial charge in [0.2, 0.25) is 0 Å². The molecule has 2 aromatic carbocycles. The van der Waals surface area contributed by atoms with Crippen molar-refractivity contribution in [3.8, 4) is 0 Å². The van der Waals surface area contributed by atoms with Gasteiger partial charge in [-0.25, -0.2) is 4.98 Å². The van der Waals surface area contributed by atoms with E-state index in [0.29, 0.717) is 5.03 Å². The van der Waals surface area contributed by atoms with Gasteiger partial charge < -0.3 is 0 Å². The van der Waals surface area contributed by atoms with Gasteiger partial charge in [0.15, 0.2) is 0 Å². The van der Waals surface area contributed by atoms with Gasteiger partial charge >= 0.3 is 0 Å². The smallest absolute Gasteiger partial charge is 0.136 e. The summed E-state index contributed by atoms with van der Waals surface area (Å²) in [5, 5.41) is 1.55. The van der Waals surface area contributed by atoms with Gasteiger partial charge in [0.1, 0.15) is 5.01 Å². The quantitative estimate of drug-likeness (QED) is 0.637. The molecular weight excluding hydrogens is 262 g/mol. The van der Waals surface area contributed by atoms with E-state index < -0.39 is 0 Å². The SMILES string of the molecule is ClC(=Cc1ccccc1)c1nc2ccccc2s1. The van der Waals surface area contributed by atoms with Crippen LogP contribution in [0, 0.1) is 0 Å². The van der Waals surface area contributed by atoms with E-state index in [4.69, 9.17) is 11.6 Å². The highest BCUT2D eigenvalue weighted by Crippen LogP contribution is 2.30. The summed E-state index contributed by atoms with van der Waals surface area (Å²) in [5.41, 5.74) is 2.08. The summed E-state index contributed by atoms with van der Waals surface area (Å²) in [5.74, 6) is 0. The molecule has 18 heavy (non-hydrogen) atoms. The molecule has 88 valence electrons. The van der Waals surface area contributed by atoms with Crippen molar-refractivity contribution in [1.29, 1.82) is 0 Å². The third-order valence-corrected chi connectivity index (χ3v) is 4.06. The number of hydrogen-bond acceptors (Lipinski definition) is 2. The molecule has 0 unspecified atom stereocenters. The Kier molecular flexibility index (Phi) is 3.13. The number of hydrogen-bond donors (Lipinski definition) is 0. The first-order valence-electron chi connectivity index (χ1n) is 5.61. The normalized spacial score (nSPS) is 11.9. The van der Waals surface area contributed by atoms with Crippen LogP contribution < -0.4 is 0 Å². The fourth-order valence-corrected chi connectivity index (χ4v) is 2.89. The lowest BCUT2D eigenvalue weighted by Crippen LogP contribution is -1.75. The summed E-state index contributed by atoms with van der Waals surface area (Å²) in [4.78, 5) is 4.53. The Hall–Kier alpha value is -1.64. The molecule has 0 aliphatic heterocycles. The summed E-state index contributed by atoms with van der Waals surface area (Å²) >= 11 is 7.93. The monoisotopic (exact) mass is 271 g/mol. The number of aromatic nitrogens is 1. The van der Waals surface area contributed by atoms with Gasteiger partial charge in [-0.1, -0.05) is 54.1 Å². The van der Waals surface area contributed by atoms with E-state index >= 15 is 0 Å². The maximum absolute atomic E-state index is 6.32. The molecule has 1 aromatic heterocycles. The van der Waals surface area contributed by atoms with E-state index in [1.54, 1.807) is 11.3 Å². The third-order valence-electron chi connectivity index (χ3n) is 2.59. The molecule has 0 amide bonds. The van der Waals surface area contributed by atoms with Gasteiger partial charge in [0, 0.05) is 0 Å². The minimum Gasteiger partial charge on any atom is -0.235 e. The standard InChI is InChI=1S/C15H10ClNS/c16-12(10-11-6-2-1-3-7-11)15-17-13-8-4-5-9-14(13)18-15/h1-10H. The number of thiazole rings is 1. The van der Waals surface area contributed by atoms with Gasteiger partial charge in [-0.3, -0.25) is 0 Å². The molecule has 0 bridgehead atoms. The van der Waals surface area contributed by atoms with E-state index in [1.165, 1.54) is 0 Å². The number of rotatable bonds is 2. The number of halogens is 1. The van der Waals surface area contributed by atoms with Gasteiger partial charge in [0.05, 0.1) is 15.2 Å². The van der Waals surface area contributed by atoms with Crippen molar-refractivity contribution in [2.24, 2.45) is 0 Å². The number of nitrogens with zero attached hydrogens (tertiary/aromatic N) is 1. The first kappa shape index (κ1) is 11.5. The molecule has 3 heteroatoms. The second kappa shape index (κ2) is 4.92. The minimum atomic E-state index is 0.683. The zero-order valence-corrected chi connectivity index (χ0v) is 11.1. The molecule has 0 fully saturated rings. The molecule has 0 N–H and O–H groups in total. The van der Waals surface area contributed by atoms with Crippen molar-refractivity contribution in [2.45, 2.75) is 0 Å². The van der Waals surface area contributed by atoms with Crippen molar-refractivity contribution in [3.05, 3.63) is 65.2 Å². The first-order valence-corrected chi connectivity index (χ1v) is 6.80. The molecular formula is C15H10ClNS. The summed E-state index contributed by atoms with van der Waals surface area (Å²) in [7, 11) is 0. The molecule has 0 aliphatic carbocycles. The number of fused-ring (bicyclic) bond motifs is 1. The van der Waals surface area contributed by atoms with Gasteiger partial charge in [-0.2, -0.15) is 0 Å². The van der Waals surface area contributed by atoms with Gasteiger partial charge in [-0.05, 0) is 23.8 Å². The Bertz CT molecular complexity index is 668. The molecule has 3 rings (SSSR count). The summed E-state index contributed by atoms with van der Waals surface area (Å²) in [6.45, 7) is 0. The Labute approximate surface area is 114 Å². The summed E-state index contributed by atoms with van der Waals surface area (Å²) in [6, 6.07) is 18.1. The van der Waals surface area contributed by atoms with Crippen LogP contribution in [0.2, 0.25) is 0 Å². The van der Waals surface area contributed by atoms with E-state index in [9.17, 15) is 0 Å². The van der Waals surface area contributed by atoms with Crippen LogP contribution in [0.5, 0.6) is 0 Å². The van der Waals surface area contributed by atoms with Crippen molar-refractivity contribution in [3.63, 3.8) is 0 Å². The molecule has 0 radical (unpaired) electrons. The van der Waals surface area contributed by atoms with Crippen molar-refractivity contribution >= 4 is 44.3 Å². The lowest BCUT2D eigenvalue weighted by Gasteiger charge is -1.94. The molecule has 0 aliphatic rings. The van der Waals surface area contributed by atoms with E-state index in [2.05, 4.69) is 11.1 Å².